The first-order valence-corrected chi connectivity index (χ1v) is 7.41. The van der Waals surface area contributed by atoms with Crippen LogP contribution < -0.4 is 0 Å². The van der Waals surface area contributed by atoms with E-state index in [1.807, 2.05) is 12.3 Å². The number of aromatic nitrogens is 1. The molecule has 1 aromatic heterocycles. The highest BCUT2D eigenvalue weighted by Crippen LogP contribution is 2.29. The van der Waals surface area contributed by atoms with Crippen molar-refractivity contribution in [2.75, 3.05) is 0 Å². The molecule has 0 N–H and O–H groups in total. The number of hydrogen-bond acceptors (Lipinski definition) is 2. The zero-order valence-electron chi connectivity index (χ0n) is 10.6. The number of pyridine rings is 1. The maximum Gasteiger partial charge on any atom is 0.0660 e. The molecular formula is C14H21BrN2. The van der Waals surface area contributed by atoms with Crippen molar-refractivity contribution in [2.24, 2.45) is 0 Å². The molecule has 2 nitrogen and oxygen atoms in total. The van der Waals surface area contributed by atoms with Gasteiger partial charge in [-0.3, -0.25) is 9.88 Å². The van der Waals surface area contributed by atoms with E-state index in [0.717, 1.165) is 6.42 Å². The van der Waals surface area contributed by atoms with Crippen molar-refractivity contribution in [1.82, 2.24) is 9.88 Å². The van der Waals surface area contributed by atoms with Crippen LogP contribution in [0.15, 0.2) is 24.4 Å². The zero-order valence-corrected chi connectivity index (χ0v) is 12.2. The van der Waals surface area contributed by atoms with Crippen molar-refractivity contribution in [3.05, 3.63) is 30.1 Å². The third-order valence-electron chi connectivity index (χ3n) is 3.64. The average Bonchev–Trinajstić information content (AvgIpc) is 2.30. The summed E-state index contributed by atoms with van der Waals surface area (Å²) in [6.45, 7) is 4.65. The first-order valence-electron chi connectivity index (χ1n) is 6.50. The predicted molar refractivity (Wildman–Crippen MR) is 75.3 cm³/mol. The molecule has 3 heteroatoms. The highest BCUT2D eigenvalue weighted by atomic mass is 79.9. The topological polar surface area (TPSA) is 16.1 Å². The number of likely N-dealkylation sites (tertiary alicyclic amines) is 1. The fraction of sp³-hybridized carbons (Fsp3) is 0.643. The van der Waals surface area contributed by atoms with Gasteiger partial charge in [0, 0.05) is 30.4 Å². The first-order chi connectivity index (χ1) is 8.18. The van der Waals surface area contributed by atoms with Gasteiger partial charge in [-0.2, -0.15) is 0 Å². The van der Waals surface area contributed by atoms with Crippen molar-refractivity contribution in [2.45, 2.75) is 56.6 Å². The second-order valence-corrected chi connectivity index (χ2v) is 6.09. The number of halogens is 1. The van der Waals surface area contributed by atoms with Crippen LogP contribution >= 0.6 is 15.9 Å². The smallest absolute Gasteiger partial charge is 0.0660 e. The Kier molecular flexibility index (Phi) is 4.57. The third kappa shape index (κ3) is 3.29. The summed E-state index contributed by atoms with van der Waals surface area (Å²) in [6, 6.07) is 7.39. The van der Waals surface area contributed by atoms with E-state index in [9.17, 15) is 0 Å². The third-order valence-corrected chi connectivity index (χ3v) is 4.57. The quantitative estimate of drug-likeness (QED) is 0.626. The average molecular weight is 297 g/mol. The molecule has 2 heterocycles. The van der Waals surface area contributed by atoms with Crippen LogP contribution in [0.2, 0.25) is 0 Å². The minimum atomic E-state index is 0.532. The molecule has 94 valence electrons. The molecule has 3 unspecified atom stereocenters. The molecule has 0 amide bonds. The minimum absolute atomic E-state index is 0.532. The van der Waals surface area contributed by atoms with Crippen LogP contribution in [0.5, 0.6) is 0 Å². The first kappa shape index (κ1) is 13.0. The molecule has 17 heavy (non-hydrogen) atoms. The van der Waals surface area contributed by atoms with Gasteiger partial charge in [-0.25, -0.2) is 0 Å². The van der Waals surface area contributed by atoms with Gasteiger partial charge in [-0.05, 0) is 45.2 Å². The summed E-state index contributed by atoms with van der Waals surface area (Å²) < 4.78 is 0. The fourth-order valence-electron chi connectivity index (χ4n) is 2.79. The van der Waals surface area contributed by atoms with E-state index in [1.54, 1.807) is 0 Å². The van der Waals surface area contributed by atoms with Crippen LogP contribution in [0.1, 0.15) is 38.8 Å². The van der Waals surface area contributed by atoms with Gasteiger partial charge in [0.05, 0.1) is 4.95 Å². The molecule has 1 aromatic rings. The lowest BCUT2D eigenvalue weighted by atomic mass is 9.99. The van der Waals surface area contributed by atoms with Crippen molar-refractivity contribution in [3.8, 4) is 0 Å². The van der Waals surface area contributed by atoms with Crippen molar-refractivity contribution in [1.29, 1.82) is 0 Å². The second-order valence-electron chi connectivity index (χ2n) is 5.04. The lowest BCUT2D eigenvalue weighted by Gasteiger charge is -2.42. The van der Waals surface area contributed by atoms with E-state index >= 15 is 0 Å². The van der Waals surface area contributed by atoms with E-state index in [-0.39, 0.29) is 0 Å². The highest BCUT2D eigenvalue weighted by Gasteiger charge is 2.29. The van der Waals surface area contributed by atoms with E-state index in [0.29, 0.717) is 17.0 Å². The van der Waals surface area contributed by atoms with Crippen LogP contribution in [0, 0.1) is 0 Å². The van der Waals surface area contributed by atoms with Gasteiger partial charge in [-0.15, -0.1) is 0 Å². The Balaban J connectivity index is 2.01. The summed E-state index contributed by atoms with van der Waals surface area (Å²) in [7, 11) is 0. The van der Waals surface area contributed by atoms with Crippen molar-refractivity contribution < 1.29 is 0 Å². The molecule has 1 aliphatic heterocycles. The Morgan fingerprint density at radius 3 is 2.94 bits per heavy atom. The number of piperidine rings is 1. The van der Waals surface area contributed by atoms with E-state index in [4.69, 9.17) is 0 Å². The summed E-state index contributed by atoms with van der Waals surface area (Å²) in [5.41, 5.74) is 1.19. The molecular weight excluding hydrogens is 276 g/mol. The Labute approximate surface area is 113 Å². The number of rotatable bonds is 3. The fourth-order valence-corrected chi connectivity index (χ4v) is 3.92. The Morgan fingerprint density at radius 1 is 1.47 bits per heavy atom. The van der Waals surface area contributed by atoms with Gasteiger partial charge in [-0.1, -0.05) is 22.0 Å². The SMILES string of the molecule is CC1CCCC(Br)N1C(C)Cc1ccccn1. The second kappa shape index (κ2) is 5.96. The highest BCUT2D eigenvalue weighted by molar-refractivity contribution is 9.09. The molecule has 1 saturated heterocycles. The van der Waals surface area contributed by atoms with Crippen LogP contribution in [0.25, 0.3) is 0 Å². The van der Waals surface area contributed by atoms with Crippen LogP contribution in [-0.2, 0) is 6.42 Å². The normalized spacial score (nSPS) is 27.9. The summed E-state index contributed by atoms with van der Waals surface area (Å²) in [4.78, 5) is 7.55. The van der Waals surface area contributed by atoms with E-state index in [2.05, 4.69) is 51.8 Å². The Hall–Kier alpha value is -0.410. The monoisotopic (exact) mass is 296 g/mol. The van der Waals surface area contributed by atoms with Gasteiger partial charge in [0.25, 0.3) is 0 Å². The van der Waals surface area contributed by atoms with Gasteiger partial charge in [0.1, 0.15) is 0 Å². The Morgan fingerprint density at radius 2 is 2.29 bits per heavy atom. The Bertz CT molecular complexity index is 331. The molecule has 0 radical (unpaired) electrons. The van der Waals surface area contributed by atoms with Crippen LogP contribution in [0.4, 0.5) is 0 Å². The summed E-state index contributed by atoms with van der Waals surface area (Å²) in [5, 5.41) is 0. The van der Waals surface area contributed by atoms with Crippen molar-refractivity contribution >= 4 is 15.9 Å². The largest absolute Gasteiger partial charge is 0.285 e. The van der Waals surface area contributed by atoms with Gasteiger partial charge >= 0.3 is 0 Å². The molecule has 1 fully saturated rings. The molecule has 0 aliphatic carbocycles. The molecule has 0 spiro atoms. The van der Waals surface area contributed by atoms with Crippen LogP contribution in [-0.4, -0.2) is 26.9 Å². The lowest BCUT2D eigenvalue weighted by Crippen LogP contribution is -2.48. The predicted octanol–water partition coefficient (Wildman–Crippen LogP) is 3.61. The number of alkyl halides is 1. The maximum absolute atomic E-state index is 4.42. The van der Waals surface area contributed by atoms with Crippen molar-refractivity contribution in [3.63, 3.8) is 0 Å². The molecule has 3 atom stereocenters. The number of nitrogens with zero attached hydrogens (tertiary/aromatic N) is 2. The van der Waals surface area contributed by atoms with Gasteiger partial charge in [0.2, 0.25) is 0 Å². The van der Waals surface area contributed by atoms with Crippen LogP contribution in [0.3, 0.4) is 0 Å². The molecule has 0 bridgehead atoms. The minimum Gasteiger partial charge on any atom is -0.285 e. The molecule has 0 saturated carbocycles. The summed E-state index contributed by atoms with van der Waals surface area (Å²) >= 11 is 3.81. The molecule has 1 aliphatic rings. The lowest BCUT2D eigenvalue weighted by molar-refractivity contribution is 0.0992. The molecule has 2 rings (SSSR count). The standard InChI is InChI=1S/C14H21BrN2/c1-11-6-5-8-14(15)17(11)12(2)10-13-7-3-4-9-16-13/h3-4,7,9,11-12,14H,5-6,8,10H2,1-2H3. The van der Waals surface area contributed by atoms with Gasteiger partial charge in [0.15, 0.2) is 0 Å². The van der Waals surface area contributed by atoms with E-state index < -0.39 is 0 Å². The molecule has 0 aromatic carbocycles. The zero-order chi connectivity index (χ0) is 12.3. The summed E-state index contributed by atoms with van der Waals surface area (Å²) in [6.07, 6.45) is 6.83. The number of hydrogen-bond donors (Lipinski definition) is 0. The summed E-state index contributed by atoms with van der Waals surface area (Å²) in [5.74, 6) is 0. The van der Waals surface area contributed by atoms with Gasteiger partial charge < -0.3 is 0 Å². The van der Waals surface area contributed by atoms with E-state index in [1.165, 1.54) is 25.0 Å². The maximum atomic E-state index is 4.42.